The van der Waals surface area contributed by atoms with Crippen LogP contribution < -0.4 is 5.32 Å². The largest absolute Gasteiger partial charge is 0.467 e. The lowest BCUT2D eigenvalue weighted by Gasteiger charge is -2.23. The van der Waals surface area contributed by atoms with Crippen molar-refractivity contribution in [1.29, 1.82) is 0 Å². The molecule has 1 rings (SSSR count). The van der Waals surface area contributed by atoms with Crippen LogP contribution in [0.15, 0.2) is 30.3 Å². The normalized spacial score (nSPS) is 13.7. The number of rotatable bonds is 6. The van der Waals surface area contributed by atoms with Crippen molar-refractivity contribution in [2.75, 3.05) is 14.2 Å². The van der Waals surface area contributed by atoms with E-state index in [-0.39, 0.29) is 11.8 Å². The zero-order valence-electron chi connectivity index (χ0n) is 12.3. The SMILES string of the molecule is COC(=O)[C@H](NC(=O)[C@@H](OC)c1ccccc1)C(C)C. The predicted octanol–water partition coefficient (Wildman–Crippen LogP) is 1.69. The smallest absolute Gasteiger partial charge is 0.328 e. The number of amides is 1. The van der Waals surface area contributed by atoms with Gasteiger partial charge in [0.1, 0.15) is 6.04 Å². The van der Waals surface area contributed by atoms with E-state index in [0.717, 1.165) is 5.56 Å². The van der Waals surface area contributed by atoms with Crippen molar-refractivity contribution < 1.29 is 19.1 Å². The molecule has 0 aliphatic carbocycles. The molecule has 20 heavy (non-hydrogen) atoms. The molecule has 0 aliphatic rings. The Kier molecular flexibility index (Phi) is 6.18. The number of carbonyl (C=O) groups is 2. The second-order valence-corrected chi connectivity index (χ2v) is 4.78. The molecule has 5 nitrogen and oxygen atoms in total. The maximum absolute atomic E-state index is 12.3. The fourth-order valence-corrected chi connectivity index (χ4v) is 1.88. The Balaban J connectivity index is 2.84. The van der Waals surface area contributed by atoms with Crippen LogP contribution in [0.25, 0.3) is 0 Å². The highest BCUT2D eigenvalue weighted by atomic mass is 16.5. The molecule has 5 heteroatoms. The van der Waals surface area contributed by atoms with E-state index in [0.29, 0.717) is 0 Å². The van der Waals surface area contributed by atoms with Gasteiger partial charge in [-0.1, -0.05) is 44.2 Å². The van der Waals surface area contributed by atoms with E-state index in [1.165, 1.54) is 14.2 Å². The standard InChI is InChI=1S/C15H21NO4/c1-10(2)12(15(18)20-4)16-14(17)13(19-3)11-8-6-5-7-9-11/h5-10,12-13H,1-4H3,(H,16,17)/t12-,13+/m1/s1. The van der Waals surface area contributed by atoms with Crippen molar-refractivity contribution in [3.8, 4) is 0 Å². The van der Waals surface area contributed by atoms with Gasteiger partial charge in [0.05, 0.1) is 7.11 Å². The summed E-state index contributed by atoms with van der Waals surface area (Å²) in [6.07, 6.45) is -0.748. The van der Waals surface area contributed by atoms with E-state index < -0.39 is 18.1 Å². The molecule has 1 aromatic carbocycles. The van der Waals surface area contributed by atoms with Crippen LogP contribution in [0.3, 0.4) is 0 Å². The maximum atomic E-state index is 12.3. The lowest BCUT2D eigenvalue weighted by Crippen LogP contribution is -2.47. The van der Waals surface area contributed by atoms with Gasteiger partial charge in [0.25, 0.3) is 5.91 Å². The Morgan fingerprint density at radius 3 is 2.15 bits per heavy atom. The predicted molar refractivity (Wildman–Crippen MR) is 75.0 cm³/mol. The lowest BCUT2D eigenvalue weighted by molar-refractivity contribution is -0.148. The minimum atomic E-state index is -0.748. The Morgan fingerprint density at radius 1 is 1.10 bits per heavy atom. The Morgan fingerprint density at radius 2 is 1.70 bits per heavy atom. The monoisotopic (exact) mass is 279 g/mol. The Labute approximate surface area is 119 Å². The summed E-state index contributed by atoms with van der Waals surface area (Å²) in [5.74, 6) is -0.890. The van der Waals surface area contributed by atoms with Gasteiger partial charge < -0.3 is 14.8 Å². The molecule has 0 saturated carbocycles. The average Bonchev–Trinajstić information content (AvgIpc) is 2.45. The van der Waals surface area contributed by atoms with Crippen molar-refractivity contribution in [3.05, 3.63) is 35.9 Å². The lowest BCUT2D eigenvalue weighted by atomic mass is 10.0. The summed E-state index contributed by atoms with van der Waals surface area (Å²) in [6, 6.07) is 8.43. The minimum Gasteiger partial charge on any atom is -0.467 e. The fourth-order valence-electron chi connectivity index (χ4n) is 1.88. The molecule has 0 spiro atoms. The summed E-state index contributed by atoms with van der Waals surface area (Å²) in [7, 11) is 2.76. The molecular weight excluding hydrogens is 258 g/mol. The fraction of sp³-hybridized carbons (Fsp3) is 0.467. The van der Waals surface area contributed by atoms with Gasteiger partial charge in [0.2, 0.25) is 0 Å². The van der Waals surface area contributed by atoms with Gasteiger partial charge in [-0.3, -0.25) is 4.79 Å². The first-order chi connectivity index (χ1) is 9.51. The maximum Gasteiger partial charge on any atom is 0.328 e. The van der Waals surface area contributed by atoms with Gasteiger partial charge in [-0.05, 0) is 11.5 Å². The van der Waals surface area contributed by atoms with Crippen molar-refractivity contribution in [3.63, 3.8) is 0 Å². The van der Waals surface area contributed by atoms with Gasteiger partial charge in [0.15, 0.2) is 6.10 Å². The van der Waals surface area contributed by atoms with Gasteiger partial charge in [-0.15, -0.1) is 0 Å². The van der Waals surface area contributed by atoms with Crippen molar-refractivity contribution in [2.24, 2.45) is 5.92 Å². The third-order valence-corrected chi connectivity index (χ3v) is 3.00. The van der Waals surface area contributed by atoms with E-state index in [4.69, 9.17) is 9.47 Å². The third-order valence-electron chi connectivity index (χ3n) is 3.00. The molecule has 110 valence electrons. The highest BCUT2D eigenvalue weighted by molar-refractivity contribution is 5.87. The van der Waals surface area contributed by atoms with Crippen LogP contribution in [-0.4, -0.2) is 32.1 Å². The van der Waals surface area contributed by atoms with Crippen LogP contribution in [0, 0.1) is 5.92 Å². The summed E-state index contributed by atoms with van der Waals surface area (Å²) >= 11 is 0. The zero-order valence-corrected chi connectivity index (χ0v) is 12.3. The van der Waals surface area contributed by atoms with E-state index in [9.17, 15) is 9.59 Å². The summed E-state index contributed by atoms with van der Waals surface area (Å²) in [6.45, 7) is 3.68. The van der Waals surface area contributed by atoms with Crippen LogP contribution in [0.5, 0.6) is 0 Å². The topological polar surface area (TPSA) is 64.6 Å². The van der Waals surface area contributed by atoms with Crippen LogP contribution in [-0.2, 0) is 19.1 Å². The van der Waals surface area contributed by atoms with E-state index >= 15 is 0 Å². The molecule has 0 aromatic heterocycles. The molecule has 2 atom stereocenters. The molecule has 1 N–H and O–H groups in total. The molecular formula is C15H21NO4. The number of hydrogen-bond donors (Lipinski definition) is 1. The van der Waals surface area contributed by atoms with Crippen molar-refractivity contribution in [2.45, 2.75) is 26.0 Å². The number of methoxy groups -OCH3 is 2. The highest BCUT2D eigenvalue weighted by Gasteiger charge is 2.29. The highest BCUT2D eigenvalue weighted by Crippen LogP contribution is 2.17. The van der Waals surface area contributed by atoms with Crippen LogP contribution >= 0.6 is 0 Å². The minimum absolute atomic E-state index is 0.0697. The number of ether oxygens (including phenoxy) is 2. The molecule has 1 amide bonds. The summed E-state index contributed by atoms with van der Waals surface area (Å²) in [4.78, 5) is 23.9. The Bertz CT molecular complexity index is 444. The molecule has 0 fully saturated rings. The first-order valence-electron chi connectivity index (χ1n) is 6.47. The molecule has 0 radical (unpaired) electrons. The molecule has 0 aliphatic heterocycles. The molecule has 0 bridgehead atoms. The van der Waals surface area contributed by atoms with Gasteiger partial charge in [0, 0.05) is 7.11 Å². The first kappa shape index (κ1) is 16.2. The van der Waals surface area contributed by atoms with Gasteiger partial charge >= 0.3 is 5.97 Å². The number of nitrogens with one attached hydrogen (secondary N) is 1. The Hall–Kier alpha value is -1.88. The van der Waals surface area contributed by atoms with E-state index in [1.54, 1.807) is 12.1 Å². The molecule has 0 heterocycles. The first-order valence-corrected chi connectivity index (χ1v) is 6.47. The number of esters is 1. The second-order valence-electron chi connectivity index (χ2n) is 4.78. The van der Waals surface area contributed by atoms with Crippen LogP contribution in [0.4, 0.5) is 0 Å². The van der Waals surface area contributed by atoms with E-state index in [2.05, 4.69) is 5.32 Å². The average molecular weight is 279 g/mol. The van der Waals surface area contributed by atoms with Gasteiger partial charge in [-0.2, -0.15) is 0 Å². The summed E-state index contributed by atoms with van der Waals surface area (Å²) in [5.41, 5.74) is 0.736. The van der Waals surface area contributed by atoms with Crippen LogP contribution in [0.1, 0.15) is 25.5 Å². The third kappa shape index (κ3) is 4.06. The molecule has 0 saturated heterocycles. The zero-order chi connectivity index (χ0) is 15.1. The van der Waals surface area contributed by atoms with Crippen molar-refractivity contribution in [1.82, 2.24) is 5.32 Å². The van der Waals surface area contributed by atoms with Crippen LogP contribution in [0.2, 0.25) is 0 Å². The number of hydrogen-bond acceptors (Lipinski definition) is 4. The van der Waals surface area contributed by atoms with Gasteiger partial charge in [-0.25, -0.2) is 4.79 Å². The van der Waals surface area contributed by atoms with E-state index in [1.807, 2.05) is 32.0 Å². The summed E-state index contributed by atoms with van der Waals surface area (Å²) in [5, 5.41) is 2.68. The second kappa shape index (κ2) is 7.65. The number of carbonyl (C=O) groups excluding carboxylic acids is 2. The van der Waals surface area contributed by atoms with Crippen molar-refractivity contribution >= 4 is 11.9 Å². The molecule has 0 unspecified atom stereocenters. The quantitative estimate of drug-likeness (QED) is 0.805. The number of benzene rings is 1. The molecule has 1 aromatic rings. The summed E-state index contributed by atoms with van der Waals surface area (Å²) < 4.78 is 9.93.